The second-order valence-corrected chi connectivity index (χ2v) is 5.70. The van der Waals surface area contributed by atoms with Gasteiger partial charge in [0.25, 0.3) is 0 Å². The summed E-state index contributed by atoms with van der Waals surface area (Å²) in [6.07, 6.45) is 0.516. The summed E-state index contributed by atoms with van der Waals surface area (Å²) in [5, 5.41) is 0. The highest BCUT2D eigenvalue weighted by molar-refractivity contribution is 5.95. The van der Waals surface area contributed by atoms with E-state index in [4.69, 9.17) is 10.5 Å². The van der Waals surface area contributed by atoms with E-state index in [2.05, 4.69) is 0 Å². The predicted octanol–water partition coefficient (Wildman–Crippen LogP) is -0.817. The number of piperazine rings is 1. The number of carbonyl (C=O) groups is 2. The summed E-state index contributed by atoms with van der Waals surface area (Å²) in [6, 6.07) is 0. The molecular formula is C12H21N3O3. The molecule has 0 aliphatic carbocycles. The van der Waals surface area contributed by atoms with Crippen molar-refractivity contribution in [2.75, 3.05) is 33.4 Å². The summed E-state index contributed by atoms with van der Waals surface area (Å²) in [5.41, 5.74) is 4.29. The van der Waals surface area contributed by atoms with E-state index in [1.807, 2.05) is 0 Å². The first-order valence-electron chi connectivity index (χ1n) is 6.23. The highest BCUT2D eigenvalue weighted by Crippen LogP contribution is 2.27. The van der Waals surface area contributed by atoms with E-state index in [1.54, 1.807) is 30.7 Å². The molecule has 0 aromatic heterocycles. The maximum Gasteiger partial charge on any atom is 0.247 e. The summed E-state index contributed by atoms with van der Waals surface area (Å²) in [5.74, 6) is -0.226. The minimum atomic E-state index is -0.965. The van der Waals surface area contributed by atoms with Crippen LogP contribution in [0, 0.1) is 0 Å². The summed E-state index contributed by atoms with van der Waals surface area (Å²) < 4.78 is 5.22. The topological polar surface area (TPSA) is 75.9 Å². The van der Waals surface area contributed by atoms with Crippen molar-refractivity contribution in [1.29, 1.82) is 0 Å². The number of ether oxygens (including phenoxy) is 1. The van der Waals surface area contributed by atoms with Crippen LogP contribution in [0.2, 0.25) is 0 Å². The maximum atomic E-state index is 12.5. The van der Waals surface area contributed by atoms with Gasteiger partial charge in [-0.15, -0.1) is 0 Å². The third kappa shape index (κ3) is 1.89. The van der Waals surface area contributed by atoms with Gasteiger partial charge in [0.05, 0.1) is 6.61 Å². The van der Waals surface area contributed by atoms with Gasteiger partial charge in [0.1, 0.15) is 11.1 Å². The second-order valence-electron chi connectivity index (χ2n) is 5.70. The van der Waals surface area contributed by atoms with Crippen LogP contribution in [0.25, 0.3) is 0 Å². The molecule has 6 nitrogen and oxygen atoms in total. The van der Waals surface area contributed by atoms with Crippen LogP contribution < -0.4 is 5.73 Å². The lowest BCUT2D eigenvalue weighted by atomic mass is 9.91. The Morgan fingerprint density at radius 2 is 2.06 bits per heavy atom. The third-order valence-electron chi connectivity index (χ3n) is 3.93. The summed E-state index contributed by atoms with van der Waals surface area (Å²) in [7, 11) is 1.75. The lowest BCUT2D eigenvalue weighted by molar-refractivity contribution is -0.160. The first kappa shape index (κ1) is 13.3. The smallest absolute Gasteiger partial charge is 0.247 e. The van der Waals surface area contributed by atoms with Crippen molar-refractivity contribution in [1.82, 2.24) is 9.80 Å². The largest absolute Gasteiger partial charge is 0.379 e. The van der Waals surface area contributed by atoms with Crippen molar-refractivity contribution in [2.45, 2.75) is 31.3 Å². The van der Waals surface area contributed by atoms with Gasteiger partial charge in [0, 0.05) is 26.7 Å². The van der Waals surface area contributed by atoms with Gasteiger partial charge in [-0.1, -0.05) is 0 Å². The molecule has 0 spiro atoms. The Kier molecular flexibility index (Phi) is 3.11. The molecule has 2 heterocycles. The Hall–Kier alpha value is -1.14. The molecule has 1 atom stereocenters. The molecule has 0 saturated carbocycles. The zero-order valence-electron chi connectivity index (χ0n) is 11.2. The molecule has 1 unspecified atom stereocenters. The quantitative estimate of drug-likeness (QED) is 0.664. The highest BCUT2D eigenvalue weighted by Gasteiger charge is 2.49. The summed E-state index contributed by atoms with van der Waals surface area (Å²) in [6.45, 7) is 5.34. The van der Waals surface area contributed by atoms with Gasteiger partial charge in [-0.2, -0.15) is 0 Å². The van der Waals surface area contributed by atoms with Crippen LogP contribution in [-0.2, 0) is 14.3 Å². The highest BCUT2D eigenvalue weighted by atomic mass is 16.5. The third-order valence-corrected chi connectivity index (χ3v) is 3.93. The lowest BCUT2D eigenvalue weighted by Crippen LogP contribution is -2.68. The molecule has 6 heteroatoms. The molecule has 2 aliphatic rings. The van der Waals surface area contributed by atoms with Crippen molar-refractivity contribution in [3.63, 3.8) is 0 Å². The second kappa shape index (κ2) is 4.20. The van der Waals surface area contributed by atoms with Crippen molar-refractivity contribution < 1.29 is 14.3 Å². The van der Waals surface area contributed by atoms with Crippen LogP contribution in [0.5, 0.6) is 0 Å². The lowest BCUT2D eigenvalue weighted by Gasteiger charge is -2.46. The molecule has 18 heavy (non-hydrogen) atoms. The van der Waals surface area contributed by atoms with Gasteiger partial charge < -0.3 is 20.3 Å². The van der Waals surface area contributed by atoms with E-state index < -0.39 is 11.1 Å². The Morgan fingerprint density at radius 3 is 2.61 bits per heavy atom. The minimum Gasteiger partial charge on any atom is -0.379 e. The van der Waals surface area contributed by atoms with Crippen LogP contribution in [-0.4, -0.2) is 66.0 Å². The zero-order chi connectivity index (χ0) is 13.6. The first-order chi connectivity index (χ1) is 8.29. The molecule has 0 bridgehead atoms. The molecule has 2 rings (SSSR count). The number of likely N-dealkylation sites (N-methyl/N-ethyl adjacent to an activating group) is 1. The number of carbonyl (C=O) groups excluding carboxylic acids is 2. The van der Waals surface area contributed by atoms with Crippen LogP contribution in [0.4, 0.5) is 0 Å². The maximum absolute atomic E-state index is 12.5. The zero-order valence-corrected chi connectivity index (χ0v) is 11.2. The fourth-order valence-corrected chi connectivity index (χ4v) is 2.59. The molecular weight excluding hydrogens is 234 g/mol. The Balaban J connectivity index is 2.22. The Labute approximate surface area is 107 Å². The van der Waals surface area contributed by atoms with Gasteiger partial charge in [0.2, 0.25) is 11.8 Å². The van der Waals surface area contributed by atoms with Crippen LogP contribution in [0.1, 0.15) is 20.3 Å². The molecule has 0 radical (unpaired) electrons. The van der Waals surface area contributed by atoms with Crippen LogP contribution in [0.3, 0.4) is 0 Å². The molecule has 102 valence electrons. The molecule has 2 saturated heterocycles. The molecule has 2 amide bonds. The molecule has 2 N–H and O–H groups in total. The van der Waals surface area contributed by atoms with Crippen LogP contribution >= 0.6 is 0 Å². The number of amides is 2. The summed E-state index contributed by atoms with van der Waals surface area (Å²) >= 11 is 0. The monoisotopic (exact) mass is 255 g/mol. The Bertz CT molecular complexity index is 375. The van der Waals surface area contributed by atoms with E-state index in [0.717, 1.165) is 0 Å². The molecule has 2 fully saturated rings. The number of rotatable bonds is 1. The van der Waals surface area contributed by atoms with Crippen LogP contribution in [0.15, 0.2) is 0 Å². The van der Waals surface area contributed by atoms with Gasteiger partial charge in [-0.25, -0.2) is 0 Å². The van der Waals surface area contributed by atoms with Crippen molar-refractivity contribution >= 4 is 11.8 Å². The number of hydrogen-bond donors (Lipinski definition) is 1. The fourth-order valence-electron chi connectivity index (χ4n) is 2.59. The minimum absolute atomic E-state index is 0.0513. The van der Waals surface area contributed by atoms with Gasteiger partial charge >= 0.3 is 0 Å². The number of hydrogen-bond acceptors (Lipinski definition) is 4. The van der Waals surface area contributed by atoms with Crippen molar-refractivity contribution in [3.05, 3.63) is 0 Å². The van der Waals surface area contributed by atoms with Crippen molar-refractivity contribution in [2.24, 2.45) is 5.73 Å². The van der Waals surface area contributed by atoms with Gasteiger partial charge in [0.15, 0.2) is 0 Å². The normalized spacial score (nSPS) is 31.9. The van der Waals surface area contributed by atoms with E-state index in [1.165, 1.54) is 0 Å². The van der Waals surface area contributed by atoms with E-state index in [9.17, 15) is 9.59 Å². The standard InChI is InChI=1S/C12H21N3O3/c1-11(2)9(16)14(3)5-6-15(11)10(17)12(13)4-7-18-8-12/h4-8,13H2,1-3H3. The summed E-state index contributed by atoms with van der Waals surface area (Å²) in [4.78, 5) is 27.9. The van der Waals surface area contributed by atoms with E-state index in [0.29, 0.717) is 26.1 Å². The number of nitrogens with zero attached hydrogens (tertiary/aromatic N) is 2. The van der Waals surface area contributed by atoms with Crippen molar-refractivity contribution in [3.8, 4) is 0 Å². The SMILES string of the molecule is CN1CCN(C(=O)C2(N)CCOC2)C(C)(C)C1=O. The molecule has 2 aliphatic heterocycles. The van der Waals surface area contributed by atoms with E-state index in [-0.39, 0.29) is 18.4 Å². The predicted molar refractivity (Wildman–Crippen MR) is 65.8 cm³/mol. The van der Waals surface area contributed by atoms with Gasteiger partial charge in [-0.3, -0.25) is 9.59 Å². The molecule has 0 aromatic carbocycles. The number of nitrogens with two attached hydrogens (primary N) is 1. The average molecular weight is 255 g/mol. The van der Waals surface area contributed by atoms with Gasteiger partial charge in [-0.05, 0) is 20.3 Å². The van der Waals surface area contributed by atoms with E-state index >= 15 is 0 Å². The fraction of sp³-hybridized carbons (Fsp3) is 0.833. The Morgan fingerprint density at radius 1 is 1.39 bits per heavy atom. The first-order valence-corrected chi connectivity index (χ1v) is 6.23. The average Bonchev–Trinajstić information content (AvgIpc) is 2.74. The molecule has 0 aromatic rings.